The van der Waals surface area contributed by atoms with Crippen molar-refractivity contribution in [3.8, 4) is 0 Å². The molecule has 26 heavy (non-hydrogen) atoms. The highest BCUT2D eigenvalue weighted by molar-refractivity contribution is 14.0. The molecule has 0 saturated heterocycles. The second kappa shape index (κ2) is 9.89. The molecular formula is C19H29IN6. The Kier molecular flexibility index (Phi) is 7.86. The molecule has 0 spiro atoms. The van der Waals surface area contributed by atoms with E-state index in [1.54, 1.807) is 7.05 Å². The highest BCUT2D eigenvalue weighted by Gasteiger charge is 2.14. The van der Waals surface area contributed by atoms with Crippen molar-refractivity contribution in [1.82, 2.24) is 25.4 Å². The molecule has 7 heteroatoms. The van der Waals surface area contributed by atoms with Gasteiger partial charge in [-0.3, -0.25) is 4.99 Å². The molecule has 142 valence electrons. The van der Waals surface area contributed by atoms with Crippen LogP contribution in [0.5, 0.6) is 0 Å². The fourth-order valence-corrected chi connectivity index (χ4v) is 3.28. The molecule has 1 aromatic carbocycles. The summed E-state index contributed by atoms with van der Waals surface area (Å²) in [5.74, 6) is 2.89. The van der Waals surface area contributed by atoms with Crippen LogP contribution in [0.3, 0.4) is 0 Å². The molecule has 0 bridgehead atoms. The summed E-state index contributed by atoms with van der Waals surface area (Å²) in [5.41, 5.74) is 3.87. The van der Waals surface area contributed by atoms with Gasteiger partial charge in [0.2, 0.25) is 0 Å². The number of aromatic nitrogens is 3. The van der Waals surface area contributed by atoms with Gasteiger partial charge in [-0.2, -0.15) is 0 Å². The minimum absolute atomic E-state index is 0. The van der Waals surface area contributed by atoms with Crippen LogP contribution in [-0.4, -0.2) is 27.8 Å². The van der Waals surface area contributed by atoms with Crippen molar-refractivity contribution < 1.29 is 0 Å². The summed E-state index contributed by atoms with van der Waals surface area (Å²) in [6, 6.07) is 6.52. The number of hydrogen-bond acceptors (Lipinski definition) is 3. The van der Waals surface area contributed by atoms with E-state index in [-0.39, 0.29) is 24.0 Å². The Morgan fingerprint density at radius 3 is 2.69 bits per heavy atom. The van der Waals surface area contributed by atoms with Crippen LogP contribution in [0.2, 0.25) is 0 Å². The van der Waals surface area contributed by atoms with Crippen LogP contribution in [0.15, 0.2) is 23.2 Å². The molecule has 0 unspecified atom stereocenters. The Balaban J connectivity index is 0.00000243. The minimum Gasteiger partial charge on any atom is -0.352 e. The first-order chi connectivity index (χ1) is 12.2. The zero-order valence-corrected chi connectivity index (χ0v) is 18.2. The van der Waals surface area contributed by atoms with Crippen LogP contribution in [-0.2, 0) is 26.1 Å². The van der Waals surface area contributed by atoms with Gasteiger partial charge in [0.1, 0.15) is 5.82 Å². The van der Waals surface area contributed by atoms with Gasteiger partial charge in [-0.05, 0) is 37.8 Å². The number of halogens is 1. The molecule has 2 N–H and O–H groups in total. The third-order valence-electron chi connectivity index (χ3n) is 4.77. The summed E-state index contributed by atoms with van der Waals surface area (Å²) in [7, 11) is 1.79. The molecule has 0 radical (unpaired) electrons. The Hall–Kier alpha value is -1.64. The Labute approximate surface area is 172 Å². The first kappa shape index (κ1) is 20.7. The van der Waals surface area contributed by atoms with Crippen molar-refractivity contribution in [2.45, 2.75) is 59.2 Å². The van der Waals surface area contributed by atoms with E-state index < -0.39 is 0 Å². The first-order valence-electron chi connectivity index (χ1n) is 9.09. The van der Waals surface area contributed by atoms with Crippen LogP contribution in [0.25, 0.3) is 0 Å². The topological polar surface area (TPSA) is 67.1 Å². The number of hydrogen-bond donors (Lipinski definition) is 2. The third kappa shape index (κ3) is 5.18. The van der Waals surface area contributed by atoms with Crippen molar-refractivity contribution in [2.75, 3.05) is 7.05 Å². The van der Waals surface area contributed by atoms with E-state index in [2.05, 4.69) is 62.4 Å². The number of guanidine groups is 1. The van der Waals surface area contributed by atoms with Crippen LogP contribution >= 0.6 is 24.0 Å². The molecule has 0 fully saturated rings. The number of benzene rings is 1. The maximum atomic E-state index is 4.36. The Morgan fingerprint density at radius 2 is 1.92 bits per heavy atom. The fourth-order valence-electron chi connectivity index (χ4n) is 3.28. The van der Waals surface area contributed by atoms with Gasteiger partial charge < -0.3 is 15.2 Å². The molecule has 1 aliphatic heterocycles. The quantitative estimate of drug-likeness (QED) is 0.411. The van der Waals surface area contributed by atoms with Crippen LogP contribution < -0.4 is 10.6 Å². The zero-order chi connectivity index (χ0) is 17.6. The fraction of sp³-hybridized carbons (Fsp3) is 0.526. The Bertz CT molecular complexity index is 752. The molecule has 6 nitrogen and oxygen atoms in total. The maximum Gasteiger partial charge on any atom is 0.191 e. The highest BCUT2D eigenvalue weighted by atomic mass is 127. The van der Waals surface area contributed by atoms with Gasteiger partial charge in [0.05, 0.1) is 6.54 Å². The van der Waals surface area contributed by atoms with Gasteiger partial charge in [0, 0.05) is 26.6 Å². The lowest BCUT2D eigenvalue weighted by atomic mass is 10.1. The highest BCUT2D eigenvalue weighted by Crippen LogP contribution is 2.14. The lowest BCUT2D eigenvalue weighted by molar-refractivity contribution is 0.596. The molecule has 1 aliphatic rings. The number of fused-ring (bicyclic) bond motifs is 1. The summed E-state index contributed by atoms with van der Waals surface area (Å²) in [6.45, 7) is 6.68. The smallest absolute Gasteiger partial charge is 0.191 e. The molecule has 1 aromatic heterocycles. The molecule has 2 heterocycles. The van der Waals surface area contributed by atoms with Gasteiger partial charge in [-0.25, -0.2) is 0 Å². The third-order valence-corrected chi connectivity index (χ3v) is 4.77. The number of aliphatic imine (C=N–C) groups is 1. The number of aryl methyl sites for hydroxylation is 3. The zero-order valence-electron chi connectivity index (χ0n) is 15.9. The summed E-state index contributed by atoms with van der Waals surface area (Å²) < 4.78 is 2.26. The SMILES string of the molecule is CN=C(NCc1ccc(C)cc1C)NCc1nnc2n1CCCCC2.I. The standard InChI is InChI=1S/C19H28N6.HI/c1-14-8-9-16(15(2)11-14)12-21-19(20-3)22-13-18-24-23-17-7-5-4-6-10-25(17)18;/h8-9,11H,4-7,10,12-13H2,1-3H3,(H2,20,21,22);1H. The van der Waals surface area contributed by atoms with E-state index in [4.69, 9.17) is 0 Å². The second-order valence-corrected chi connectivity index (χ2v) is 6.70. The van der Waals surface area contributed by atoms with Crippen molar-refractivity contribution >= 4 is 29.9 Å². The van der Waals surface area contributed by atoms with Gasteiger partial charge in [-0.15, -0.1) is 34.2 Å². The van der Waals surface area contributed by atoms with Gasteiger partial charge in [0.25, 0.3) is 0 Å². The van der Waals surface area contributed by atoms with E-state index in [9.17, 15) is 0 Å². The average Bonchev–Trinajstić information content (AvgIpc) is 2.83. The summed E-state index contributed by atoms with van der Waals surface area (Å²) >= 11 is 0. The normalized spacial score (nSPS) is 14.2. The molecule has 3 rings (SSSR count). The number of nitrogens with one attached hydrogen (secondary N) is 2. The Morgan fingerprint density at radius 1 is 1.12 bits per heavy atom. The number of rotatable bonds is 4. The number of nitrogens with zero attached hydrogens (tertiary/aromatic N) is 4. The van der Waals surface area contributed by atoms with Crippen molar-refractivity contribution in [1.29, 1.82) is 0 Å². The molecule has 0 saturated carbocycles. The van der Waals surface area contributed by atoms with Gasteiger partial charge in [-0.1, -0.05) is 30.2 Å². The van der Waals surface area contributed by atoms with E-state index in [0.29, 0.717) is 6.54 Å². The van der Waals surface area contributed by atoms with E-state index >= 15 is 0 Å². The van der Waals surface area contributed by atoms with Crippen molar-refractivity contribution in [3.63, 3.8) is 0 Å². The van der Waals surface area contributed by atoms with Gasteiger partial charge >= 0.3 is 0 Å². The van der Waals surface area contributed by atoms with Gasteiger partial charge in [0.15, 0.2) is 11.8 Å². The maximum absolute atomic E-state index is 4.36. The lowest BCUT2D eigenvalue weighted by Crippen LogP contribution is -2.37. The second-order valence-electron chi connectivity index (χ2n) is 6.70. The van der Waals surface area contributed by atoms with Crippen LogP contribution in [0.1, 0.15) is 47.6 Å². The van der Waals surface area contributed by atoms with Crippen LogP contribution in [0, 0.1) is 13.8 Å². The van der Waals surface area contributed by atoms with Crippen LogP contribution in [0.4, 0.5) is 0 Å². The average molecular weight is 468 g/mol. The molecule has 2 aromatic rings. The summed E-state index contributed by atoms with van der Waals surface area (Å²) in [6.07, 6.45) is 4.73. The van der Waals surface area contributed by atoms with E-state index in [1.165, 1.54) is 36.0 Å². The molecule has 0 amide bonds. The predicted molar refractivity (Wildman–Crippen MR) is 116 cm³/mol. The van der Waals surface area contributed by atoms with E-state index in [0.717, 1.165) is 37.1 Å². The van der Waals surface area contributed by atoms with E-state index in [1.807, 2.05) is 0 Å². The minimum atomic E-state index is 0. The molecule has 0 atom stereocenters. The van der Waals surface area contributed by atoms with Crippen molar-refractivity contribution in [2.24, 2.45) is 4.99 Å². The summed E-state index contributed by atoms with van der Waals surface area (Å²) in [5, 5.41) is 15.4. The summed E-state index contributed by atoms with van der Waals surface area (Å²) in [4.78, 5) is 4.32. The molecule has 0 aliphatic carbocycles. The lowest BCUT2D eigenvalue weighted by Gasteiger charge is -2.14. The molecular weight excluding hydrogens is 439 g/mol. The van der Waals surface area contributed by atoms with Crippen molar-refractivity contribution in [3.05, 3.63) is 46.5 Å². The first-order valence-corrected chi connectivity index (χ1v) is 9.09. The largest absolute Gasteiger partial charge is 0.352 e. The monoisotopic (exact) mass is 468 g/mol. The predicted octanol–water partition coefficient (Wildman–Crippen LogP) is 3.10.